The summed E-state index contributed by atoms with van der Waals surface area (Å²) in [7, 11) is 0. The largest absolute Gasteiger partial charge is 0.318 e. The summed E-state index contributed by atoms with van der Waals surface area (Å²) in [5.41, 5.74) is 0. The second-order valence-electron chi connectivity index (χ2n) is 2.80. The lowest BCUT2D eigenvalue weighted by Gasteiger charge is -2.19. The highest BCUT2D eigenvalue weighted by molar-refractivity contribution is 7.75. The highest BCUT2D eigenvalue weighted by Gasteiger charge is 2.12. The molecule has 0 aliphatic heterocycles. The van der Waals surface area contributed by atoms with Gasteiger partial charge < -0.3 is 4.18 Å². The Balaban J connectivity index is 2.08. The molecule has 0 aromatic heterocycles. The van der Waals surface area contributed by atoms with Crippen molar-refractivity contribution in [1.82, 2.24) is 0 Å². The first-order valence-corrected chi connectivity index (χ1v) is 4.06. The van der Waals surface area contributed by atoms with E-state index in [1.54, 1.807) is 0 Å². The Bertz CT molecular complexity index is 66.6. The molecule has 0 bridgehead atoms. The molecule has 0 atom stereocenters. The van der Waals surface area contributed by atoms with Crippen molar-refractivity contribution in [3.8, 4) is 0 Å². The number of hydrogen-bond donors (Lipinski definition) is 1. The lowest BCUT2D eigenvalue weighted by Crippen LogP contribution is -2.10. The van der Waals surface area contributed by atoms with E-state index >= 15 is 0 Å². The summed E-state index contributed by atoms with van der Waals surface area (Å²) >= 11 is 3.73. The maximum absolute atomic E-state index is 4.78. The van der Waals surface area contributed by atoms with Crippen LogP contribution in [0.5, 0.6) is 0 Å². The van der Waals surface area contributed by atoms with Gasteiger partial charge in [-0.15, -0.1) is 0 Å². The summed E-state index contributed by atoms with van der Waals surface area (Å²) in [6.45, 7) is 0.850. The Hall–Kier alpha value is 0.310. The molecule has 1 fully saturated rings. The van der Waals surface area contributed by atoms with Gasteiger partial charge in [-0.1, -0.05) is 19.3 Å². The molecule has 0 aromatic carbocycles. The fraction of sp³-hybridized carbons (Fsp3) is 1.00. The first-order valence-electron chi connectivity index (χ1n) is 3.70. The summed E-state index contributed by atoms with van der Waals surface area (Å²) in [6, 6.07) is 0. The average molecular weight is 146 g/mol. The number of rotatable bonds is 2. The second-order valence-corrected chi connectivity index (χ2v) is 3.06. The molecule has 54 valence electrons. The van der Waals surface area contributed by atoms with Crippen molar-refractivity contribution < 1.29 is 4.18 Å². The molecular formula is C7H14OS. The molecule has 0 saturated heterocycles. The molecule has 0 N–H and O–H groups in total. The van der Waals surface area contributed by atoms with Crippen LogP contribution in [-0.4, -0.2) is 6.61 Å². The Morgan fingerprint density at radius 2 is 1.89 bits per heavy atom. The third kappa shape index (κ3) is 2.59. The summed E-state index contributed by atoms with van der Waals surface area (Å²) in [5, 5.41) is 0. The standard InChI is InChI=1S/C7H14OS/c9-8-6-7-4-2-1-3-5-7/h7,9H,1-6H2. The number of hydrogen-bond acceptors (Lipinski definition) is 2. The van der Waals surface area contributed by atoms with Crippen molar-refractivity contribution in [2.75, 3.05) is 6.61 Å². The van der Waals surface area contributed by atoms with Crippen LogP contribution < -0.4 is 0 Å². The molecule has 2 heteroatoms. The van der Waals surface area contributed by atoms with Gasteiger partial charge in [-0.05, 0) is 31.7 Å². The van der Waals surface area contributed by atoms with E-state index in [4.69, 9.17) is 4.18 Å². The minimum atomic E-state index is 0.802. The molecular weight excluding hydrogens is 132 g/mol. The molecule has 1 aliphatic rings. The highest BCUT2D eigenvalue weighted by atomic mass is 32.1. The maximum Gasteiger partial charge on any atom is 0.0638 e. The van der Waals surface area contributed by atoms with E-state index in [2.05, 4.69) is 12.9 Å². The lowest BCUT2D eigenvalue weighted by atomic mass is 9.90. The van der Waals surface area contributed by atoms with Crippen LogP contribution in [0.2, 0.25) is 0 Å². The van der Waals surface area contributed by atoms with Gasteiger partial charge in [0, 0.05) is 0 Å². The van der Waals surface area contributed by atoms with E-state index in [0.717, 1.165) is 12.5 Å². The summed E-state index contributed by atoms with van der Waals surface area (Å²) in [4.78, 5) is 0. The van der Waals surface area contributed by atoms with Gasteiger partial charge in [-0.3, -0.25) is 0 Å². The molecule has 0 heterocycles. The molecule has 0 radical (unpaired) electrons. The van der Waals surface area contributed by atoms with Crippen LogP contribution in [0.1, 0.15) is 32.1 Å². The van der Waals surface area contributed by atoms with Gasteiger partial charge in [0.15, 0.2) is 0 Å². The van der Waals surface area contributed by atoms with Crippen LogP contribution in [-0.2, 0) is 4.18 Å². The average Bonchev–Trinajstić information content (AvgIpc) is 1.91. The van der Waals surface area contributed by atoms with Gasteiger partial charge in [0.2, 0.25) is 0 Å². The molecule has 1 rings (SSSR count). The number of thiol groups is 1. The van der Waals surface area contributed by atoms with E-state index < -0.39 is 0 Å². The predicted octanol–water partition coefficient (Wildman–Crippen LogP) is 2.43. The van der Waals surface area contributed by atoms with E-state index in [0.29, 0.717) is 0 Å². The van der Waals surface area contributed by atoms with E-state index in [1.807, 2.05) is 0 Å². The van der Waals surface area contributed by atoms with Crippen LogP contribution in [0.15, 0.2) is 0 Å². The molecule has 0 spiro atoms. The van der Waals surface area contributed by atoms with Gasteiger partial charge in [0.1, 0.15) is 0 Å². The molecule has 9 heavy (non-hydrogen) atoms. The van der Waals surface area contributed by atoms with Gasteiger partial charge in [0.05, 0.1) is 6.61 Å². The fourth-order valence-corrected chi connectivity index (χ4v) is 1.67. The van der Waals surface area contributed by atoms with Gasteiger partial charge in [-0.25, -0.2) is 0 Å². The monoisotopic (exact) mass is 146 g/mol. The smallest absolute Gasteiger partial charge is 0.0638 e. The van der Waals surface area contributed by atoms with Crippen LogP contribution in [0.3, 0.4) is 0 Å². The zero-order valence-corrected chi connectivity index (χ0v) is 6.57. The van der Waals surface area contributed by atoms with Crippen molar-refractivity contribution in [1.29, 1.82) is 0 Å². The third-order valence-electron chi connectivity index (χ3n) is 2.03. The predicted molar refractivity (Wildman–Crippen MR) is 41.5 cm³/mol. The Morgan fingerprint density at radius 3 is 2.44 bits per heavy atom. The molecule has 0 amide bonds. The summed E-state index contributed by atoms with van der Waals surface area (Å²) in [5.74, 6) is 0.802. The Labute approximate surface area is 62.4 Å². The van der Waals surface area contributed by atoms with E-state index in [1.165, 1.54) is 32.1 Å². The molecule has 0 aromatic rings. The topological polar surface area (TPSA) is 9.23 Å². The van der Waals surface area contributed by atoms with Crippen LogP contribution in [0.4, 0.5) is 0 Å². The van der Waals surface area contributed by atoms with Gasteiger partial charge in [0.25, 0.3) is 0 Å². The van der Waals surface area contributed by atoms with Gasteiger partial charge in [-0.2, -0.15) is 0 Å². The van der Waals surface area contributed by atoms with Gasteiger partial charge >= 0.3 is 0 Å². The fourth-order valence-electron chi connectivity index (χ4n) is 1.46. The molecule has 1 aliphatic carbocycles. The first kappa shape index (κ1) is 7.42. The molecule has 0 unspecified atom stereocenters. The molecule has 1 nitrogen and oxygen atoms in total. The first-order chi connectivity index (χ1) is 4.43. The quantitative estimate of drug-likeness (QED) is 0.465. The van der Waals surface area contributed by atoms with Crippen LogP contribution in [0.25, 0.3) is 0 Å². The van der Waals surface area contributed by atoms with Crippen LogP contribution in [0, 0.1) is 5.92 Å². The molecule has 1 saturated carbocycles. The minimum Gasteiger partial charge on any atom is -0.318 e. The summed E-state index contributed by atoms with van der Waals surface area (Å²) in [6.07, 6.45) is 6.90. The Morgan fingerprint density at radius 1 is 1.22 bits per heavy atom. The van der Waals surface area contributed by atoms with Crippen molar-refractivity contribution >= 4 is 12.9 Å². The SMILES string of the molecule is SOCC1CCCCC1. The minimum absolute atomic E-state index is 0.802. The maximum atomic E-state index is 4.78. The third-order valence-corrected chi connectivity index (χ3v) is 2.18. The van der Waals surface area contributed by atoms with Crippen LogP contribution >= 0.6 is 12.9 Å². The van der Waals surface area contributed by atoms with Crippen molar-refractivity contribution in [2.24, 2.45) is 5.92 Å². The van der Waals surface area contributed by atoms with Crippen molar-refractivity contribution in [2.45, 2.75) is 32.1 Å². The zero-order chi connectivity index (χ0) is 6.53. The highest BCUT2D eigenvalue weighted by Crippen LogP contribution is 2.23. The van der Waals surface area contributed by atoms with Crippen molar-refractivity contribution in [3.63, 3.8) is 0 Å². The normalized spacial score (nSPS) is 22.3. The Kier molecular flexibility index (Phi) is 3.44. The lowest BCUT2D eigenvalue weighted by molar-refractivity contribution is 0.238. The van der Waals surface area contributed by atoms with E-state index in [9.17, 15) is 0 Å². The van der Waals surface area contributed by atoms with Crippen molar-refractivity contribution in [3.05, 3.63) is 0 Å². The van der Waals surface area contributed by atoms with E-state index in [-0.39, 0.29) is 0 Å². The zero-order valence-electron chi connectivity index (χ0n) is 5.68. The summed E-state index contributed by atoms with van der Waals surface area (Å²) < 4.78 is 4.78. The second kappa shape index (κ2) is 4.18.